The van der Waals surface area contributed by atoms with E-state index in [9.17, 15) is 10.1 Å². The van der Waals surface area contributed by atoms with Crippen LogP contribution < -0.4 is 0 Å². The van der Waals surface area contributed by atoms with Crippen LogP contribution in [0.5, 0.6) is 0 Å². The lowest BCUT2D eigenvalue weighted by Gasteiger charge is -2.36. The highest BCUT2D eigenvalue weighted by Gasteiger charge is 2.38. The average Bonchev–Trinajstić information content (AvgIpc) is 2.35. The Morgan fingerprint density at radius 2 is 2.00 bits per heavy atom. The van der Waals surface area contributed by atoms with Crippen LogP contribution in [0.4, 0.5) is 5.69 Å². The second-order valence-corrected chi connectivity index (χ2v) is 11.2. The fraction of sp³-hybridized carbons (Fsp3) is 0.375. The van der Waals surface area contributed by atoms with E-state index in [0.717, 1.165) is 5.56 Å². The van der Waals surface area contributed by atoms with Crippen LogP contribution in [-0.4, -0.2) is 13.2 Å². The lowest BCUT2D eigenvalue weighted by Crippen LogP contribution is -2.40. The quantitative estimate of drug-likeness (QED) is 0.249. The first-order valence-corrected chi connectivity index (χ1v) is 9.74. The maximum Gasteiger partial charge on any atom is 0.270 e. The van der Waals surface area contributed by atoms with Crippen LogP contribution in [-0.2, 0) is 4.43 Å². The van der Waals surface area contributed by atoms with Gasteiger partial charge in [0.25, 0.3) is 5.69 Å². The van der Waals surface area contributed by atoms with Crippen molar-refractivity contribution in [1.82, 2.24) is 0 Å². The van der Waals surface area contributed by atoms with Gasteiger partial charge < -0.3 is 4.43 Å². The van der Waals surface area contributed by atoms with Crippen LogP contribution in [0.1, 0.15) is 26.3 Å². The summed E-state index contributed by atoms with van der Waals surface area (Å²) in [6.07, 6.45) is 3.54. The standard InChI is InChI=1S/C16H23NO3Si/c1-13(20-21(5,6)16(2,3)4)10-11-14-8-7-9-15(12-14)17(18)19/h7-12H,1H2,2-6H3/b11-10+. The van der Waals surface area contributed by atoms with E-state index >= 15 is 0 Å². The first-order chi connectivity index (χ1) is 9.53. The minimum Gasteiger partial charge on any atom is -0.544 e. The van der Waals surface area contributed by atoms with Gasteiger partial charge in [-0.25, -0.2) is 0 Å². The molecule has 0 N–H and O–H groups in total. The molecule has 0 atom stereocenters. The summed E-state index contributed by atoms with van der Waals surface area (Å²) in [5, 5.41) is 10.8. The third kappa shape index (κ3) is 4.86. The Bertz CT molecular complexity index is 571. The molecule has 4 nitrogen and oxygen atoms in total. The first-order valence-electron chi connectivity index (χ1n) is 6.83. The molecule has 1 rings (SSSR count). The molecular weight excluding hydrogens is 282 g/mol. The maximum absolute atomic E-state index is 10.7. The summed E-state index contributed by atoms with van der Waals surface area (Å²) in [5.41, 5.74) is 0.831. The van der Waals surface area contributed by atoms with Gasteiger partial charge >= 0.3 is 0 Å². The number of hydrogen-bond donors (Lipinski definition) is 0. The summed E-state index contributed by atoms with van der Waals surface area (Å²) >= 11 is 0. The highest BCUT2D eigenvalue weighted by molar-refractivity contribution is 6.74. The maximum atomic E-state index is 10.7. The molecule has 0 aliphatic rings. The molecule has 0 amide bonds. The molecule has 0 aromatic heterocycles. The minimum absolute atomic E-state index is 0.0769. The van der Waals surface area contributed by atoms with Crippen molar-refractivity contribution in [2.45, 2.75) is 38.9 Å². The Labute approximate surface area is 127 Å². The second kappa shape index (κ2) is 6.26. The normalized spacial score (nSPS) is 12.4. The van der Waals surface area contributed by atoms with E-state index < -0.39 is 13.2 Å². The number of benzene rings is 1. The topological polar surface area (TPSA) is 52.4 Å². The Balaban J connectivity index is 2.80. The lowest BCUT2D eigenvalue weighted by molar-refractivity contribution is -0.384. The predicted octanol–water partition coefficient (Wildman–Crippen LogP) is 5.14. The summed E-state index contributed by atoms with van der Waals surface area (Å²) < 4.78 is 6.03. The number of non-ortho nitro benzene ring substituents is 1. The molecule has 0 saturated carbocycles. The van der Waals surface area contributed by atoms with Gasteiger partial charge in [-0.3, -0.25) is 10.1 Å². The molecule has 0 aliphatic heterocycles. The zero-order valence-electron chi connectivity index (χ0n) is 13.3. The van der Waals surface area contributed by atoms with Gasteiger partial charge in [0.2, 0.25) is 8.32 Å². The van der Waals surface area contributed by atoms with Crippen molar-refractivity contribution in [2.24, 2.45) is 0 Å². The lowest BCUT2D eigenvalue weighted by atomic mass is 10.2. The van der Waals surface area contributed by atoms with Crippen molar-refractivity contribution in [3.05, 3.63) is 58.4 Å². The van der Waals surface area contributed by atoms with Crippen molar-refractivity contribution in [1.29, 1.82) is 0 Å². The number of nitro benzene ring substituents is 1. The smallest absolute Gasteiger partial charge is 0.270 e. The third-order valence-electron chi connectivity index (χ3n) is 3.74. The highest BCUT2D eigenvalue weighted by atomic mass is 28.4. The van der Waals surface area contributed by atoms with Crippen molar-refractivity contribution < 1.29 is 9.35 Å². The Morgan fingerprint density at radius 1 is 1.38 bits per heavy atom. The third-order valence-corrected chi connectivity index (χ3v) is 8.12. The molecule has 21 heavy (non-hydrogen) atoms. The van der Waals surface area contributed by atoms with Crippen molar-refractivity contribution in [2.75, 3.05) is 0 Å². The molecule has 0 bridgehead atoms. The molecule has 0 unspecified atom stereocenters. The number of hydrogen-bond acceptors (Lipinski definition) is 3. The summed E-state index contributed by atoms with van der Waals surface area (Å²) in [6.45, 7) is 14.7. The molecule has 0 spiro atoms. The van der Waals surface area contributed by atoms with Crippen LogP contribution in [0.3, 0.4) is 0 Å². The van der Waals surface area contributed by atoms with Crippen LogP contribution in [0.2, 0.25) is 18.1 Å². The van der Waals surface area contributed by atoms with E-state index in [1.165, 1.54) is 12.1 Å². The molecule has 0 fully saturated rings. The first kappa shape index (κ1) is 17.2. The van der Waals surface area contributed by atoms with Crippen LogP contribution in [0.15, 0.2) is 42.7 Å². The summed E-state index contributed by atoms with van der Waals surface area (Å²) in [4.78, 5) is 10.3. The van der Waals surface area contributed by atoms with Crippen molar-refractivity contribution in [3.8, 4) is 0 Å². The molecule has 5 heteroatoms. The molecular formula is C16H23NO3Si. The van der Waals surface area contributed by atoms with Crippen molar-refractivity contribution >= 4 is 20.1 Å². The Morgan fingerprint density at radius 3 is 2.52 bits per heavy atom. The van der Waals surface area contributed by atoms with E-state index in [-0.39, 0.29) is 10.7 Å². The SMILES string of the molecule is C=C(/C=C/c1cccc([N+](=O)[O-])c1)O[Si](C)(C)C(C)(C)C. The van der Waals surface area contributed by atoms with E-state index in [4.69, 9.17) is 4.43 Å². The molecule has 0 saturated heterocycles. The molecule has 114 valence electrons. The van der Waals surface area contributed by atoms with Gasteiger partial charge in [0.05, 0.1) is 10.7 Å². The fourth-order valence-corrected chi connectivity index (χ4v) is 2.48. The monoisotopic (exact) mass is 305 g/mol. The van der Waals surface area contributed by atoms with Gasteiger partial charge in [-0.2, -0.15) is 0 Å². The fourth-order valence-electron chi connectivity index (χ4n) is 1.45. The Kier molecular flexibility index (Phi) is 5.12. The van der Waals surface area contributed by atoms with Gasteiger partial charge in [-0.05, 0) is 29.8 Å². The van der Waals surface area contributed by atoms with Crippen LogP contribution >= 0.6 is 0 Å². The second-order valence-electron chi connectivity index (χ2n) is 6.51. The van der Waals surface area contributed by atoms with E-state index in [2.05, 4.69) is 40.4 Å². The number of nitro groups is 1. The molecule has 1 aromatic carbocycles. The predicted molar refractivity (Wildman–Crippen MR) is 89.6 cm³/mol. The van der Waals surface area contributed by atoms with E-state index in [1.807, 2.05) is 6.07 Å². The van der Waals surface area contributed by atoms with Gasteiger partial charge in [0, 0.05) is 12.1 Å². The zero-order chi connectivity index (χ0) is 16.3. The van der Waals surface area contributed by atoms with Gasteiger partial charge in [-0.15, -0.1) is 0 Å². The largest absolute Gasteiger partial charge is 0.544 e. The average molecular weight is 305 g/mol. The Hall–Kier alpha value is -1.88. The molecule has 0 heterocycles. The van der Waals surface area contributed by atoms with Crippen LogP contribution in [0.25, 0.3) is 6.08 Å². The molecule has 0 aliphatic carbocycles. The number of nitrogens with zero attached hydrogens (tertiary/aromatic N) is 1. The van der Waals surface area contributed by atoms with E-state index in [0.29, 0.717) is 5.76 Å². The van der Waals surface area contributed by atoms with Gasteiger partial charge in [0.1, 0.15) is 0 Å². The summed E-state index contributed by atoms with van der Waals surface area (Å²) in [7, 11) is -1.89. The number of rotatable bonds is 5. The number of allylic oxidation sites excluding steroid dienone is 1. The highest BCUT2D eigenvalue weighted by Crippen LogP contribution is 2.37. The van der Waals surface area contributed by atoms with Gasteiger partial charge in [0.15, 0.2) is 0 Å². The minimum atomic E-state index is -1.89. The van der Waals surface area contributed by atoms with E-state index in [1.54, 1.807) is 18.2 Å². The summed E-state index contributed by atoms with van der Waals surface area (Å²) in [5.74, 6) is 0.591. The van der Waals surface area contributed by atoms with Gasteiger partial charge in [-0.1, -0.05) is 45.6 Å². The zero-order valence-corrected chi connectivity index (χ0v) is 14.3. The molecule has 0 radical (unpaired) electrons. The molecule has 1 aromatic rings. The van der Waals surface area contributed by atoms with Crippen molar-refractivity contribution in [3.63, 3.8) is 0 Å². The van der Waals surface area contributed by atoms with Crippen LogP contribution in [0, 0.1) is 10.1 Å². The summed E-state index contributed by atoms with van der Waals surface area (Å²) in [6, 6.07) is 6.47.